The van der Waals surface area contributed by atoms with Crippen LogP contribution in [0.4, 0.5) is 5.69 Å². The van der Waals surface area contributed by atoms with Crippen molar-refractivity contribution in [3.8, 4) is 0 Å². The summed E-state index contributed by atoms with van der Waals surface area (Å²) in [6.45, 7) is 11.8. The highest BCUT2D eigenvalue weighted by Gasteiger charge is 2.21. The van der Waals surface area contributed by atoms with Crippen molar-refractivity contribution in [2.45, 2.75) is 44.6 Å². The Morgan fingerprint density at radius 1 is 1.39 bits per heavy atom. The van der Waals surface area contributed by atoms with E-state index in [-0.39, 0.29) is 11.5 Å². The zero-order chi connectivity index (χ0) is 20.4. The molecule has 0 spiro atoms. The molecule has 1 N–H and O–H groups in total. The number of thiophene rings is 1. The van der Waals surface area contributed by atoms with Gasteiger partial charge in [-0.15, -0.1) is 17.9 Å². The first kappa shape index (κ1) is 20.4. The molecule has 0 radical (unpaired) electrons. The Morgan fingerprint density at radius 3 is 2.82 bits per heavy atom. The van der Waals surface area contributed by atoms with Crippen LogP contribution in [0.15, 0.2) is 46.9 Å². The number of benzene rings is 1. The SMILES string of the molecule is C=CCn1c(SC(C)C(=O)Nc2cccc(C)c2)nc2sc(C)c(C)c2c1=O. The number of hydrogen-bond donors (Lipinski definition) is 1. The largest absolute Gasteiger partial charge is 0.325 e. The lowest BCUT2D eigenvalue weighted by Crippen LogP contribution is -2.26. The Morgan fingerprint density at radius 2 is 2.14 bits per heavy atom. The molecule has 0 aliphatic rings. The summed E-state index contributed by atoms with van der Waals surface area (Å²) < 4.78 is 1.59. The van der Waals surface area contributed by atoms with Crippen LogP contribution < -0.4 is 10.9 Å². The summed E-state index contributed by atoms with van der Waals surface area (Å²) in [5.74, 6) is -0.131. The molecule has 146 valence electrons. The molecule has 0 saturated carbocycles. The van der Waals surface area contributed by atoms with Crippen LogP contribution in [0.3, 0.4) is 0 Å². The third kappa shape index (κ3) is 4.05. The standard InChI is InChI=1S/C21H23N3O2S2/c1-6-10-24-20(26)17-13(3)14(4)27-19(17)23-21(24)28-15(5)18(25)22-16-9-7-8-12(2)11-16/h6-9,11,15H,1,10H2,2-5H3,(H,22,25). The van der Waals surface area contributed by atoms with Crippen LogP contribution in [-0.4, -0.2) is 20.7 Å². The molecule has 3 rings (SSSR count). The predicted molar refractivity (Wildman–Crippen MR) is 119 cm³/mol. The summed E-state index contributed by atoms with van der Waals surface area (Å²) in [7, 11) is 0. The van der Waals surface area contributed by atoms with Crippen molar-refractivity contribution in [2.75, 3.05) is 5.32 Å². The average molecular weight is 414 g/mol. The molecule has 0 saturated heterocycles. The number of rotatable bonds is 6. The lowest BCUT2D eigenvalue weighted by molar-refractivity contribution is -0.115. The Labute approximate surface area is 172 Å². The van der Waals surface area contributed by atoms with Crippen LogP contribution in [0.2, 0.25) is 0 Å². The molecule has 7 heteroatoms. The zero-order valence-corrected chi connectivity index (χ0v) is 18.0. The lowest BCUT2D eigenvalue weighted by atomic mass is 10.2. The van der Waals surface area contributed by atoms with Crippen molar-refractivity contribution in [1.82, 2.24) is 9.55 Å². The number of aryl methyl sites for hydroxylation is 3. The number of carbonyl (C=O) groups excluding carboxylic acids is 1. The number of allylic oxidation sites excluding steroid dienone is 1. The Hall–Kier alpha value is -2.38. The average Bonchev–Trinajstić information content (AvgIpc) is 2.92. The predicted octanol–water partition coefficient (Wildman–Crippen LogP) is 4.69. The summed E-state index contributed by atoms with van der Waals surface area (Å²) in [6, 6.07) is 7.66. The van der Waals surface area contributed by atoms with Gasteiger partial charge in [-0.1, -0.05) is 30.0 Å². The number of fused-ring (bicyclic) bond motifs is 1. The molecule has 0 bridgehead atoms. The van der Waals surface area contributed by atoms with Gasteiger partial charge in [0.15, 0.2) is 5.16 Å². The van der Waals surface area contributed by atoms with Crippen LogP contribution in [0.1, 0.15) is 22.9 Å². The fourth-order valence-corrected chi connectivity index (χ4v) is 4.86. The molecule has 1 unspecified atom stereocenters. The van der Waals surface area contributed by atoms with Gasteiger partial charge in [-0.05, 0) is 51.0 Å². The first-order chi connectivity index (χ1) is 13.3. The zero-order valence-electron chi connectivity index (χ0n) is 16.4. The third-order valence-corrected chi connectivity index (χ3v) is 6.69. The molecule has 1 atom stereocenters. The number of aromatic nitrogens is 2. The van der Waals surface area contributed by atoms with Crippen molar-refractivity contribution in [1.29, 1.82) is 0 Å². The summed E-state index contributed by atoms with van der Waals surface area (Å²) >= 11 is 2.79. The number of thioether (sulfide) groups is 1. The first-order valence-electron chi connectivity index (χ1n) is 8.97. The smallest absolute Gasteiger partial charge is 0.263 e. The molecule has 0 aliphatic heterocycles. The molecular formula is C21H23N3O2S2. The molecule has 28 heavy (non-hydrogen) atoms. The minimum atomic E-state index is -0.414. The number of anilines is 1. The van der Waals surface area contributed by atoms with Gasteiger partial charge < -0.3 is 5.32 Å². The van der Waals surface area contributed by atoms with E-state index in [2.05, 4.69) is 11.9 Å². The van der Waals surface area contributed by atoms with E-state index in [9.17, 15) is 9.59 Å². The Bertz CT molecular complexity index is 1110. The van der Waals surface area contributed by atoms with Gasteiger partial charge in [-0.2, -0.15) is 0 Å². The number of carbonyl (C=O) groups is 1. The Balaban J connectivity index is 1.92. The Kier molecular flexibility index (Phi) is 6.05. The number of nitrogens with zero attached hydrogens (tertiary/aromatic N) is 2. The quantitative estimate of drug-likeness (QED) is 0.362. The normalized spacial score (nSPS) is 12.1. The van der Waals surface area contributed by atoms with Crippen molar-refractivity contribution >= 4 is 44.9 Å². The topological polar surface area (TPSA) is 64.0 Å². The van der Waals surface area contributed by atoms with Crippen LogP contribution >= 0.6 is 23.1 Å². The number of hydrogen-bond acceptors (Lipinski definition) is 5. The molecule has 0 aliphatic carbocycles. The van der Waals surface area contributed by atoms with Gasteiger partial charge in [0.2, 0.25) is 5.91 Å². The minimum absolute atomic E-state index is 0.0828. The molecular weight excluding hydrogens is 390 g/mol. The molecule has 1 aromatic carbocycles. The molecule has 3 aromatic rings. The van der Waals surface area contributed by atoms with E-state index in [4.69, 9.17) is 4.98 Å². The highest BCUT2D eigenvalue weighted by Crippen LogP contribution is 2.30. The molecule has 1 amide bonds. The van der Waals surface area contributed by atoms with E-state index in [1.807, 2.05) is 52.0 Å². The van der Waals surface area contributed by atoms with E-state index in [1.54, 1.807) is 10.6 Å². The van der Waals surface area contributed by atoms with Crippen molar-refractivity contribution in [3.63, 3.8) is 0 Å². The summed E-state index contributed by atoms with van der Waals surface area (Å²) in [5, 5.41) is 3.70. The van der Waals surface area contributed by atoms with E-state index < -0.39 is 5.25 Å². The first-order valence-corrected chi connectivity index (χ1v) is 10.7. The second-order valence-corrected chi connectivity index (χ2v) is 9.19. The number of amides is 1. The molecule has 2 aromatic heterocycles. The van der Waals surface area contributed by atoms with Gasteiger partial charge in [-0.25, -0.2) is 4.98 Å². The second kappa shape index (κ2) is 8.32. The van der Waals surface area contributed by atoms with Gasteiger partial charge in [0.25, 0.3) is 5.56 Å². The van der Waals surface area contributed by atoms with Gasteiger partial charge in [-0.3, -0.25) is 14.2 Å². The van der Waals surface area contributed by atoms with E-state index >= 15 is 0 Å². The van der Waals surface area contributed by atoms with Gasteiger partial charge in [0.05, 0.1) is 10.6 Å². The fourth-order valence-electron chi connectivity index (χ4n) is 2.87. The highest BCUT2D eigenvalue weighted by atomic mass is 32.2. The summed E-state index contributed by atoms with van der Waals surface area (Å²) in [4.78, 5) is 32.2. The van der Waals surface area contributed by atoms with Crippen LogP contribution in [-0.2, 0) is 11.3 Å². The maximum Gasteiger partial charge on any atom is 0.263 e. The summed E-state index contributed by atoms with van der Waals surface area (Å²) in [5.41, 5.74) is 2.72. The molecule has 0 fully saturated rings. The second-order valence-electron chi connectivity index (χ2n) is 6.68. The van der Waals surface area contributed by atoms with Gasteiger partial charge in [0, 0.05) is 17.1 Å². The lowest BCUT2D eigenvalue weighted by Gasteiger charge is -2.15. The number of nitrogens with one attached hydrogen (secondary N) is 1. The van der Waals surface area contributed by atoms with Gasteiger partial charge >= 0.3 is 0 Å². The molecule has 5 nitrogen and oxygen atoms in total. The maximum absolute atomic E-state index is 13.0. The van der Waals surface area contributed by atoms with Crippen molar-refractivity contribution < 1.29 is 4.79 Å². The van der Waals surface area contributed by atoms with Crippen LogP contribution in [0, 0.1) is 20.8 Å². The van der Waals surface area contributed by atoms with E-state index in [1.165, 1.54) is 23.1 Å². The third-order valence-electron chi connectivity index (χ3n) is 4.50. The summed E-state index contributed by atoms with van der Waals surface area (Å²) in [6.07, 6.45) is 1.67. The van der Waals surface area contributed by atoms with Crippen LogP contribution in [0.25, 0.3) is 10.2 Å². The monoisotopic (exact) mass is 413 g/mol. The minimum Gasteiger partial charge on any atom is -0.325 e. The fraction of sp³-hybridized carbons (Fsp3) is 0.286. The van der Waals surface area contributed by atoms with Crippen molar-refractivity contribution in [3.05, 3.63) is 63.3 Å². The van der Waals surface area contributed by atoms with E-state index in [0.29, 0.717) is 21.9 Å². The molecule has 2 heterocycles. The van der Waals surface area contributed by atoms with Crippen molar-refractivity contribution in [2.24, 2.45) is 0 Å². The maximum atomic E-state index is 13.0. The highest BCUT2D eigenvalue weighted by molar-refractivity contribution is 8.00. The van der Waals surface area contributed by atoms with E-state index in [0.717, 1.165) is 21.7 Å². The van der Waals surface area contributed by atoms with Gasteiger partial charge in [0.1, 0.15) is 4.83 Å². The van der Waals surface area contributed by atoms with Crippen LogP contribution in [0.5, 0.6) is 0 Å².